The summed E-state index contributed by atoms with van der Waals surface area (Å²) in [5.74, 6) is 2.25. The number of fused-ring (bicyclic) bond motifs is 1. The van der Waals surface area contributed by atoms with Crippen LogP contribution in [0.3, 0.4) is 0 Å². The van der Waals surface area contributed by atoms with Gasteiger partial charge in [0.05, 0.1) is 14.2 Å². The van der Waals surface area contributed by atoms with Crippen LogP contribution in [-0.2, 0) is 4.79 Å². The number of amides is 2. The van der Waals surface area contributed by atoms with Gasteiger partial charge in [0, 0.05) is 43.7 Å². The maximum atomic E-state index is 12.9. The lowest BCUT2D eigenvalue weighted by atomic mass is 9.94. The molecule has 2 amide bonds. The van der Waals surface area contributed by atoms with Crippen molar-refractivity contribution in [3.05, 3.63) is 23.8 Å². The van der Waals surface area contributed by atoms with Crippen LogP contribution in [-0.4, -0.2) is 62.0 Å². The maximum Gasteiger partial charge on any atom is 0.254 e. The molecule has 2 heterocycles. The normalized spacial score (nSPS) is 26.8. The number of rotatable bonds is 5. The molecule has 6 heteroatoms. The number of ether oxygens (including phenoxy) is 2. The van der Waals surface area contributed by atoms with Gasteiger partial charge in [0.2, 0.25) is 5.91 Å². The van der Waals surface area contributed by atoms with E-state index in [-0.39, 0.29) is 11.8 Å². The molecular weight excluding hydrogens is 356 g/mol. The van der Waals surface area contributed by atoms with Gasteiger partial charge in [0.15, 0.2) is 0 Å². The lowest BCUT2D eigenvalue weighted by Crippen LogP contribution is -2.44. The van der Waals surface area contributed by atoms with Crippen molar-refractivity contribution < 1.29 is 19.1 Å². The highest BCUT2D eigenvalue weighted by Crippen LogP contribution is 2.60. The molecule has 1 aromatic carbocycles. The van der Waals surface area contributed by atoms with E-state index in [9.17, 15) is 9.59 Å². The van der Waals surface area contributed by atoms with Gasteiger partial charge in [-0.25, -0.2) is 0 Å². The molecule has 3 aliphatic rings. The first-order valence-corrected chi connectivity index (χ1v) is 10.3. The minimum absolute atomic E-state index is 0.0320. The van der Waals surface area contributed by atoms with Crippen LogP contribution >= 0.6 is 0 Å². The smallest absolute Gasteiger partial charge is 0.254 e. The van der Waals surface area contributed by atoms with Crippen LogP contribution in [0.2, 0.25) is 0 Å². The van der Waals surface area contributed by atoms with Crippen molar-refractivity contribution in [1.29, 1.82) is 0 Å². The Morgan fingerprint density at radius 2 is 1.71 bits per heavy atom. The number of carbonyl (C=O) groups excluding carboxylic acids is 2. The Kier molecular flexibility index (Phi) is 4.98. The molecule has 0 N–H and O–H groups in total. The number of nitrogens with zero attached hydrogens (tertiary/aromatic N) is 2. The van der Waals surface area contributed by atoms with Gasteiger partial charge in [-0.2, -0.15) is 0 Å². The largest absolute Gasteiger partial charge is 0.497 e. The molecule has 6 nitrogen and oxygen atoms in total. The van der Waals surface area contributed by atoms with Crippen molar-refractivity contribution in [3.63, 3.8) is 0 Å². The molecule has 2 aliphatic heterocycles. The van der Waals surface area contributed by atoms with Crippen LogP contribution in [0.15, 0.2) is 18.2 Å². The number of piperidine rings is 2. The second-order valence-corrected chi connectivity index (χ2v) is 8.50. The lowest BCUT2D eigenvalue weighted by Gasteiger charge is -2.34. The van der Waals surface area contributed by atoms with Gasteiger partial charge in [-0.1, -0.05) is 6.92 Å². The first kappa shape index (κ1) is 19.1. The number of benzene rings is 1. The Morgan fingerprint density at radius 1 is 1.07 bits per heavy atom. The molecule has 2 atom stereocenters. The van der Waals surface area contributed by atoms with E-state index in [4.69, 9.17) is 9.47 Å². The van der Waals surface area contributed by atoms with Crippen molar-refractivity contribution in [2.75, 3.05) is 40.4 Å². The Labute approximate surface area is 166 Å². The summed E-state index contributed by atoms with van der Waals surface area (Å²) in [6.45, 7) is 5.35. The number of likely N-dealkylation sites (tertiary alicyclic amines) is 2. The first-order chi connectivity index (χ1) is 13.5. The summed E-state index contributed by atoms with van der Waals surface area (Å²) >= 11 is 0. The van der Waals surface area contributed by atoms with E-state index in [1.54, 1.807) is 32.4 Å². The summed E-state index contributed by atoms with van der Waals surface area (Å²) in [5, 5.41) is 0. The second kappa shape index (κ2) is 7.30. The van der Waals surface area contributed by atoms with Gasteiger partial charge < -0.3 is 19.3 Å². The summed E-state index contributed by atoms with van der Waals surface area (Å²) < 4.78 is 10.5. The van der Waals surface area contributed by atoms with Gasteiger partial charge in [0.25, 0.3) is 5.91 Å². The second-order valence-electron chi connectivity index (χ2n) is 8.50. The van der Waals surface area contributed by atoms with Crippen molar-refractivity contribution in [3.8, 4) is 11.5 Å². The zero-order valence-electron chi connectivity index (χ0n) is 17.1. The zero-order valence-corrected chi connectivity index (χ0v) is 17.1. The van der Waals surface area contributed by atoms with Crippen LogP contribution in [0.4, 0.5) is 0 Å². The highest BCUT2D eigenvalue weighted by Gasteiger charge is 2.59. The number of hydrogen-bond donors (Lipinski definition) is 0. The molecule has 1 aromatic rings. The molecule has 0 aromatic heterocycles. The minimum Gasteiger partial charge on any atom is -0.497 e. The van der Waals surface area contributed by atoms with Gasteiger partial charge in [-0.15, -0.1) is 0 Å². The molecule has 28 heavy (non-hydrogen) atoms. The summed E-state index contributed by atoms with van der Waals surface area (Å²) in [5.41, 5.74) is 0.989. The standard InChI is InChI=1S/C22H30N2O4/c1-4-22-12-17(22)13-24(14-22)20(25)15-5-7-23(8-6-15)21(26)16-9-18(27-2)11-19(10-16)28-3/h9-11,15,17H,4-8,12-14H2,1-3H3. The van der Waals surface area contributed by atoms with E-state index < -0.39 is 0 Å². The Balaban J connectivity index is 1.35. The molecule has 3 fully saturated rings. The van der Waals surface area contributed by atoms with E-state index in [2.05, 4.69) is 11.8 Å². The topological polar surface area (TPSA) is 59.1 Å². The average molecular weight is 386 g/mol. The highest BCUT2D eigenvalue weighted by molar-refractivity contribution is 5.95. The zero-order chi connectivity index (χ0) is 19.9. The number of carbonyl (C=O) groups is 2. The minimum atomic E-state index is -0.0320. The maximum absolute atomic E-state index is 12.9. The third kappa shape index (κ3) is 3.33. The molecule has 2 saturated heterocycles. The van der Waals surface area contributed by atoms with Gasteiger partial charge in [-0.3, -0.25) is 9.59 Å². The fourth-order valence-electron chi connectivity index (χ4n) is 5.01. The third-order valence-electron chi connectivity index (χ3n) is 7.05. The SMILES string of the molecule is CCC12CC1CN(C(=O)C1CCN(C(=O)c3cc(OC)cc(OC)c3)CC1)C2. The predicted molar refractivity (Wildman–Crippen MR) is 106 cm³/mol. The molecular formula is C22H30N2O4. The van der Waals surface area contributed by atoms with Crippen molar-refractivity contribution in [2.45, 2.75) is 32.6 Å². The van der Waals surface area contributed by atoms with Crippen molar-refractivity contribution in [2.24, 2.45) is 17.3 Å². The fraction of sp³-hybridized carbons (Fsp3) is 0.636. The monoisotopic (exact) mass is 386 g/mol. The molecule has 1 aliphatic carbocycles. The van der Waals surface area contributed by atoms with Crippen molar-refractivity contribution in [1.82, 2.24) is 9.80 Å². The summed E-state index contributed by atoms with van der Waals surface area (Å²) in [7, 11) is 3.15. The van der Waals surface area contributed by atoms with Crippen LogP contribution in [0.5, 0.6) is 11.5 Å². The van der Waals surface area contributed by atoms with Crippen LogP contribution in [0.25, 0.3) is 0 Å². The van der Waals surface area contributed by atoms with E-state index in [0.717, 1.165) is 31.8 Å². The molecule has 2 unspecified atom stereocenters. The van der Waals surface area contributed by atoms with Gasteiger partial charge in [-0.05, 0) is 49.1 Å². The predicted octanol–water partition coefficient (Wildman–Crippen LogP) is 2.81. The average Bonchev–Trinajstić information content (AvgIpc) is 3.32. The fourth-order valence-corrected chi connectivity index (χ4v) is 5.01. The van der Waals surface area contributed by atoms with E-state index in [1.807, 2.05) is 4.90 Å². The number of hydrogen-bond acceptors (Lipinski definition) is 4. The Hall–Kier alpha value is -2.24. The third-order valence-corrected chi connectivity index (χ3v) is 7.05. The van der Waals surface area contributed by atoms with Crippen LogP contribution in [0.1, 0.15) is 43.0 Å². The first-order valence-electron chi connectivity index (χ1n) is 10.3. The van der Waals surface area contributed by atoms with E-state index in [0.29, 0.717) is 41.5 Å². The molecule has 0 bridgehead atoms. The van der Waals surface area contributed by atoms with E-state index in [1.165, 1.54) is 12.8 Å². The summed E-state index contributed by atoms with van der Waals surface area (Å²) in [6, 6.07) is 5.23. The number of methoxy groups -OCH3 is 2. The van der Waals surface area contributed by atoms with Crippen LogP contribution < -0.4 is 9.47 Å². The quantitative estimate of drug-likeness (QED) is 0.781. The summed E-state index contributed by atoms with van der Waals surface area (Å²) in [6.07, 6.45) is 3.96. The molecule has 152 valence electrons. The van der Waals surface area contributed by atoms with Gasteiger partial charge >= 0.3 is 0 Å². The molecule has 0 radical (unpaired) electrons. The Bertz CT molecular complexity index is 746. The van der Waals surface area contributed by atoms with Crippen molar-refractivity contribution >= 4 is 11.8 Å². The van der Waals surface area contributed by atoms with E-state index >= 15 is 0 Å². The molecule has 1 saturated carbocycles. The Morgan fingerprint density at radius 3 is 2.25 bits per heavy atom. The molecule has 0 spiro atoms. The lowest BCUT2D eigenvalue weighted by molar-refractivity contribution is -0.136. The molecule has 4 rings (SSSR count). The summed E-state index contributed by atoms with van der Waals surface area (Å²) in [4.78, 5) is 29.8. The highest BCUT2D eigenvalue weighted by atomic mass is 16.5. The van der Waals surface area contributed by atoms with Crippen LogP contribution in [0, 0.1) is 17.3 Å². The van der Waals surface area contributed by atoms with Gasteiger partial charge in [0.1, 0.15) is 11.5 Å².